The maximum Gasteiger partial charge on any atom is 0.126 e. The molecule has 1 aromatic carbocycles. The van der Waals surface area contributed by atoms with Crippen LogP contribution in [0.2, 0.25) is 0 Å². The van der Waals surface area contributed by atoms with E-state index in [1.807, 2.05) is 19.1 Å². The summed E-state index contributed by atoms with van der Waals surface area (Å²) in [5, 5.41) is 3.74. The standard InChI is InChI=1S/C17H27FN2/c1-5-14-11-19-17(6-2,7-3)12-20(14)15-8-9-16(18)13(4)10-15/h8-10,14,19H,5-7,11-12H2,1-4H3. The summed E-state index contributed by atoms with van der Waals surface area (Å²) in [5.74, 6) is -0.117. The van der Waals surface area contributed by atoms with E-state index in [4.69, 9.17) is 0 Å². The van der Waals surface area contributed by atoms with E-state index in [1.165, 1.54) is 0 Å². The molecule has 1 heterocycles. The molecule has 0 aromatic heterocycles. The summed E-state index contributed by atoms with van der Waals surface area (Å²) >= 11 is 0. The maximum absolute atomic E-state index is 13.5. The fraction of sp³-hybridized carbons (Fsp3) is 0.647. The average molecular weight is 278 g/mol. The summed E-state index contributed by atoms with van der Waals surface area (Å²) < 4.78 is 13.5. The van der Waals surface area contributed by atoms with Crippen LogP contribution < -0.4 is 10.2 Å². The van der Waals surface area contributed by atoms with Crippen LogP contribution in [0.15, 0.2) is 18.2 Å². The zero-order chi connectivity index (χ0) is 14.8. The molecule has 112 valence electrons. The highest BCUT2D eigenvalue weighted by atomic mass is 19.1. The second kappa shape index (κ2) is 6.13. The largest absolute Gasteiger partial charge is 0.365 e. The van der Waals surface area contributed by atoms with Gasteiger partial charge < -0.3 is 10.2 Å². The maximum atomic E-state index is 13.5. The Morgan fingerprint density at radius 2 is 2.00 bits per heavy atom. The second-order valence-electron chi connectivity index (χ2n) is 5.99. The van der Waals surface area contributed by atoms with Gasteiger partial charge in [-0.05, 0) is 49.9 Å². The zero-order valence-electron chi connectivity index (χ0n) is 13.2. The summed E-state index contributed by atoms with van der Waals surface area (Å²) in [7, 11) is 0. The third-order valence-corrected chi connectivity index (χ3v) is 4.92. The number of aryl methyl sites for hydroxylation is 1. The van der Waals surface area contributed by atoms with Gasteiger partial charge in [0.1, 0.15) is 5.82 Å². The fourth-order valence-electron chi connectivity index (χ4n) is 3.15. The Morgan fingerprint density at radius 3 is 2.55 bits per heavy atom. The van der Waals surface area contributed by atoms with Crippen LogP contribution in [0.25, 0.3) is 0 Å². The molecule has 1 aliphatic heterocycles. The first kappa shape index (κ1) is 15.3. The van der Waals surface area contributed by atoms with Gasteiger partial charge in [-0.3, -0.25) is 0 Å². The van der Waals surface area contributed by atoms with Crippen molar-refractivity contribution in [3.8, 4) is 0 Å². The van der Waals surface area contributed by atoms with Crippen LogP contribution in [-0.4, -0.2) is 24.7 Å². The van der Waals surface area contributed by atoms with Gasteiger partial charge in [-0.25, -0.2) is 4.39 Å². The summed E-state index contributed by atoms with van der Waals surface area (Å²) in [6.45, 7) is 10.6. The number of halogens is 1. The lowest BCUT2D eigenvalue weighted by Crippen LogP contribution is -2.64. The molecular formula is C17H27FN2. The quantitative estimate of drug-likeness (QED) is 0.899. The normalized spacial score (nSPS) is 22.1. The fourth-order valence-corrected chi connectivity index (χ4v) is 3.15. The van der Waals surface area contributed by atoms with Crippen molar-refractivity contribution in [2.75, 3.05) is 18.0 Å². The number of piperazine rings is 1. The Morgan fingerprint density at radius 1 is 1.30 bits per heavy atom. The van der Waals surface area contributed by atoms with Gasteiger partial charge in [0.05, 0.1) is 0 Å². The Labute approximate surface area is 122 Å². The number of hydrogen-bond acceptors (Lipinski definition) is 2. The van der Waals surface area contributed by atoms with Crippen LogP contribution >= 0.6 is 0 Å². The predicted octanol–water partition coefficient (Wildman–Crippen LogP) is 3.88. The van der Waals surface area contributed by atoms with Crippen molar-refractivity contribution in [2.24, 2.45) is 0 Å². The van der Waals surface area contributed by atoms with Crippen LogP contribution in [0.3, 0.4) is 0 Å². The van der Waals surface area contributed by atoms with Crippen molar-refractivity contribution in [2.45, 2.75) is 58.5 Å². The van der Waals surface area contributed by atoms with Crippen LogP contribution in [0.1, 0.15) is 45.6 Å². The number of nitrogens with zero attached hydrogens (tertiary/aromatic N) is 1. The van der Waals surface area contributed by atoms with Crippen molar-refractivity contribution < 1.29 is 4.39 Å². The van der Waals surface area contributed by atoms with Crippen molar-refractivity contribution >= 4 is 5.69 Å². The molecule has 1 aliphatic rings. The molecule has 0 aliphatic carbocycles. The van der Waals surface area contributed by atoms with Crippen molar-refractivity contribution in [3.05, 3.63) is 29.6 Å². The minimum absolute atomic E-state index is 0.117. The van der Waals surface area contributed by atoms with Gasteiger partial charge in [0, 0.05) is 30.4 Å². The number of hydrogen-bond donors (Lipinski definition) is 1. The molecular weight excluding hydrogens is 251 g/mol. The first-order valence-corrected chi connectivity index (χ1v) is 7.83. The lowest BCUT2D eigenvalue weighted by Gasteiger charge is -2.48. The zero-order valence-corrected chi connectivity index (χ0v) is 13.2. The van der Waals surface area contributed by atoms with Gasteiger partial charge in [-0.1, -0.05) is 20.8 Å². The van der Waals surface area contributed by atoms with Crippen LogP contribution in [0.4, 0.5) is 10.1 Å². The topological polar surface area (TPSA) is 15.3 Å². The van der Waals surface area contributed by atoms with E-state index < -0.39 is 0 Å². The highest BCUT2D eigenvalue weighted by molar-refractivity contribution is 5.51. The van der Waals surface area contributed by atoms with Gasteiger partial charge in [-0.15, -0.1) is 0 Å². The van der Waals surface area contributed by atoms with Gasteiger partial charge >= 0.3 is 0 Å². The highest BCUT2D eigenvalue weighted by Gasteiger charge is 2.36. The lowest BCUT2D eigenvalue weighted by atomic mass is 9.87. The summed E-state index contributed by atoms with van der Waals surface area (Å²) in [4.78, 5) is 2.47. The molecule has 1 aromatic rings. The molecule has 0 radical (unpaired) electrons. The Bertz CT molecular complexity index is 454. The third kappa shape index (κ3) is 2.83. The van der Waals surface area contributed by atoms with E-state index in [0.717, 1.165) is 43.6 Å². The molecule has 1 N–H and O–H groups in total. The number of rotatable bonds is 4. The van der Waals surface area contributed by atoms with Gasteiger partial charge in [0.25, 0.3) is 0 Å². The lowest BCUT2D eigenvalue weighted by molar-refractivity contribution is 0.246. The molecule has 1 unspecified atom stereocenters. The van der Waals surface area contributed by atoms with Crippen LogP contribution in [0.5, 0.6) is 0 Å². The van der Waals surface area contributed by atoms with Crippen molar-refractivity contribution in [1.29, 1.82) is 0 Å². The summed E-state index contributed by atoms with van der Waals surface area (Å²) in [5.41, 5.74) is 2.08. The molecule has 3 heteroatoms. The summed E-state index contributed by atoms with van der Waals surface area (Å²) in [6, 6.07) is 6.00. The predicted molar refractivity (Wildman–Crippen MR) is 83.9 cm³/mol. The minimum atomic E-state index is -0.117. The molecule has 20 heavy (non-hydrogen) atoms. The van der Waals surface area contributed by atoms with Gasteiger partial charge in [0.2, 0.25) is 0 Å². The molecule has 0 saturated carbocycles. The van der Waals surface area contributed by atoms with E-state index in [2.05, 4.69) is 31.0 Å². The van der Waals surface area contributed by atoms with E-state index in [0.29, 0.717) is 6.04 Å². The molecule has 1 fully saturated rings. The van der Waals surface area contributed by atoms with Crippen LogP contribution in [0, 0.1) is 12.7 Å². The van der Waals surface area contributed by atoms with E-state index >= 15 is 0 Å². The number of benzene rings is 1. The molecule has 2 rings (SSSR count). The molecule has 1 saturated heterocycles. The average Bonchev–Trinajstić information content (AvgIpc) is 2.49. The van der Waals surface area contributed by atoms with E-state index in [1.54, 1.807) is 6.07 Å². The molecule has 2 nitrogen and oxygen atoms in total. The monoisotopic (exact) mass is 278 g/mol. The Hall–Kier alpha value is -1.09. The SMILES string of the molecule is CCC1CNC(CC)(CC)CN1c1ccc(F)c(C)c1. The first-order chi connectivity index (χ1) is 9.55. The number of nitrogens with one attached hydrogen (secondary N) is 1. The molecule has 0 amide bonds. The van der Waals surface area contributed by atoms with Crippen molar-refractivity contribution in [1.82, 2.24) is 5.32 Å². The van der Waals surface area contributed by atoms with E-state index in [-0.39, 0.29) is 11.4 Å². The van der Waals surface area contributed by atoms with Gasteiger partial charge in [-0.2, -0.15) is 0 Å². The van der Waals surface area contributed by atoms with Gasteiger partial charge in [0.15, 0.2) is 0 Å². The second-order valence-corrected chi connectivity index (χ2v) is 5.99. The van der Waals surface area contributed by atoms with Crippen LogP contribution in [-0.2, 0) is 0 Å². The molecule has 1 atom stereocenters. The summed E-state index contributed by atoms with van der Waals surface area (Å²) in [6.07, 6.45) is 3.35. The Balaban J connectivity index is 2.31. The molecule has 0 spiro atoms. The molecule has 0 bridgehead atoms. The first-order valence-electron chi connectivity index (χ1n) is 7.83. The van der Waals surface area contributed by atoms with Crippen molar-refractivity contribution in [3.63, 3.8) is 0 Å². The third-order valence-electron chi connectivity index (χ3n) is 4.92. The highest BCUT2D eigenvalue weighted by Crippen LogP contribution is 2.29. The van der Waals surface area contributed by atoms with E-state index in [9.17, 15) is 4.39 Å². The minimum Gasteiger partial charge on any atom is -0.365 e. The smallest absolute Gasteiger partial charge is 0.126 e. The Kier molecular flexibility index (Phi) is 4.69. The number of anilines is 1.